The van der Waals surface area contributed by atoms with E-state index in [2.05, 4.69) is 10.4 Å². The minimum atomic E-state index is -2.42. The van der Waals surface area contributed by atoms with Crippen LogP contribution in [0.15, 0.2) is 12.4 Å². The summed E-state index contributed by atoms with van der Waals surface area (Å²) in [6, 6.07) is 0. The highest BCUT2D eigenvalue weighted by Gasteiger charge is 2.45. The fourth-order valence-electron chi connectivity index (χ4n) is 1.98. The van der Waals surface area contributed by atoms with Gasteiger partial charge < -0.3 is 5.32 Å². The van der Waals surface area contributed by atoms with Gasteiger partial charge in [-0.3, -0.25) is 4.68 Å². The lowest BCUT2D eigenvalue weighted by Crippen LogP contribution is -2.37. The molecule has 0 radical (unpaired) electrons. The fourth-order valence-corrected chi connectivity index (χ4v) is 1.98. The summed E-state index contributed by atoms with van der Waals surface area (Å²) in [5.41, 5.74) is 1.09. The highest BCUT2D eigenvalue weighted by Crippen LogP contribution is 2.42. The Hall–Kier alpha value is -0.390. The summed E-state index contributed by atoms with van der Waals surface area (Å²) < 4.78 is 26.9. The molecule has 0 spiro atoms. The third kappa shape index (κ3) is 4.41. The third-order valence-corrected chi connectivity index (χ3v) is 2.69. The fraction of sp³-hybridized carbons (Fsp3) is 0.700. The van der Waals surface area contributed by atoms with Crippen LogP contribution in [0.3, 0.4) is 0 Å². The van der Waals surface area contributed by atoms with Crippen molar-refractivity contribution in [3.63, 3.8) is 0 Å². The SMILES string of the molecule is CNCc1cnn(CC2CC(F)(F)C2)c1.Cl.Cl. The van der Waals surface area contributed by atoms with Crippen molar-refractivity contribution in [2.45, 2.75) is 31.9 Å². The monoisotopic (exact) mass is 287 g/mol. The van der Waals surface area contributed by atoms with E-state index < -0.39 is 5.92 Å². The molecule has 0 bridgehead atoms. The standard InChI is InChI=1S/C10H15F2N3.2ClH/c1-13-4-9-5-14-15(7-9)6-8-2-10(11,12)3-8;;/h5,7-8,13H,2-4,6H2,1H3;2*1H. The number of halogens is 4. The molecule has 1 aromatic heterocycles. The van der Waals surface area contributed by atoms with Gasteiger partial charge in [0.05, 0.1) is 6.20 Å². The quantitative estimate of drug-likeness (QED) is 0.922. The van der Waals surface area contributed by atoms with Gasteiger partial charge in [0.15, 0.2) is 0 Å². The van der Waals surface area contributed by atoms with E-state index in [1.165, 1.54) is 0 Å². The molecular formula is C10H17Cl2F2N3. The minimum Gasteiger partial charge on any atom is -0.316 e. The lowest BCUT2D eigenvalue weighted by Gasteiger charge is -2.34. The summed E-state index contributed by atoms with van der Waals surface area (Å²) in [7, 11) is 1.86. The Morgan fingerprint density at radius 1 is 1.47 bits per heavy atom. The molecule has 1 aliphatic rings. The van der Waals surface area contributed by atoms with E-state index in [4.69, 9.17) is 0 Å². The molecule has 100 valence electrons. The topological polar surface area (TPSA) is 29.9 Å². The van der Waals surface area contributed by atoms with Crippen molar-refractivity contribution in [1.29, 1.82) is 0 Å². The van der Waals surface area contributed by atoms with Gasteiger partial charge in [0.25, 0.3) is 0 Å². The van der Waals surface area contributed by atoms with E-state index >= 15 is 0 Å². The smallest absolute Gasteiger partial charge is 0.248 e. The molecule has 0 aliphatic heterocycles. The average Bonchev–Trinajstić information content (AvgIpc) is 2.50. The van der Waals surface area contributed by atoms with Gasteiger partial charge in [-0.05, 0) is 13.0 Å². The van der Waals surface area contributed by atoms with Crippen LogP contribution in [0.5, 0.6) is 0 Å². The van der Waals surface area contributed by atoms with Crippen molar-refractivity contribution >= 4 is 24.8 Å². The lowest BCUT2D eigenvalue weighted by atomic mass is 9.81. The van der Waals surface area contributed by atoms with Crippen LogP contribution in [-0.4, -0.2) is 22.8 Å². The van der Waals surface area contributed by atoms with Crippen LogP contribution in [0.1, 0.15) is 18.4 Å². The molecule has 1 heterocycles. The first-order chi connectivity index (χ1) is 7.09. The predicted octanol–water partition coefficient (Wildman–Crippen LogP) is 2.49. The second-order valence-corrected chi connectivity index (χ2v) is 4.23. The molecule has 17 heavy (non-hydrogen) atoms. The molecule has 0 aromatic carbocycles. The Labute approximate surface area is 112 Å². The maximum atomic E-state index is 12.6. The van der Waals surface area contributed by atoms with Crippen LogP contribution in [0, 0.1) is 5.92 Å². The molecule has 1 N–H and O–H groups in total. The number of nitrogens with one attached hydrogen (secondary N) is 1. The van der Waals surface area contributed by atoms with Gasteiger partial charge in [-0.25, -0.2) is 8.78 Å². The van der Waals surface area contributed by atoms with Crippen LogP contribution in [0.2, 0.25) is 0 Å². The number of hydrogen-bond donors (Lipinski definition) is 1. The van der Waals surface area contributed by atoms with Gasteiger partial charge in [0, 0.05) is 37.7 Å². The molecule has 2 rings (SSSR count). The molecule has 1 aromatic rings. The van der Waals surface area contributed by atoms with Crippen molar-refractivity contribution in [2.24, 2.45) is 5.92 Å². The Morgan fingerprint density at radius 3 is 2.65 bits per heavy atom. The van der Waals surface area contributed by atoms with E-state index in [-0.39, 0.29) is 43.6 Å². The molecule has 0 atom stereocenters. The molecule has 1 fully saturated rings. The Bertz CT molecular complexity index is 336. The maximum absolute atomic E-state index is 12.6. The molecule has 0 amide bonds. The summed E-state index contributed by atoms with van der Waals surface area (Å²) in [6.45, 7) is 1.38. The maximum Gasteiger partial charge on any atom is 0.248 e. The highest BCUT2D eigenvalue weighted by atomic mass is 35.5. The Balaban J connectivity index is 0.00000128. The molecule has 7 heteroatoms. The largest absolute Gasteiger partial charge is 0.316 e. The van der Waals surface area contributed by atoms with Gasteiger partial charge in [-0.2, -0.15) is 5.10 Å². The summed E-state index contributed by atoms with van der Waals surface area (Å²) in [5, 5.41) is 7.15. The van der Waals surface area contributed by atoms with Crippen molar-refractivity contribution in [3.8, 4) is 0 Å². The molecule has 3 nitrogen and oxygen atoms in total. The number of rotatable bonds is 4. The van der Waals surface area contributed by atoms with E-state index in [1.807, 2.05) is 13.2 Å². The first kappa shape index (κ1) is 16.6. The van der Waals surface area contributed by atoms with Gasteiger partial charge in [0.1, 0.15) is 0 Å². The predicted molar refractivity (Wildman–Crippen MR) is 67.2 cm³/mol. The summed E-state index contributed by atoms with van der Waals surface area (Å²) in [4.78, 5) is 0. The zero-order chi connectivity index (χ0) is 10.9. The molecule has 0 saturated heterocycles. The summed E-state index contributed by atoms with van der Waals surface area (Å²) in [6.07, 6.45) is 3.70. The summed E-state index contributed by atoms with van der Waals surface area (Å²) in [5.74, 6) is -2.34. The van der Waals surface area contributed by atoms with Crippen LogP contribution < -0.4 is 5.32 Å². The Kier molecular flexibility index (Phi) is 6.37. The number of hydrogen-bond acceptors (Lipinski definition) is 2. The van der Waals surface area contributed by atoms with E-state index in [0.29, 0.717) is 6.54 Å². The van der Waals surface area contributed by atoms with Gasteiger partial charge in [-0.1, -0.05) is 0 Å². The number of alkyl halides is 2. The van der Waals surface area contributed by atoms with Crippen LogP contribution in [0.25, 0.3) is 0 Å². The first-order valence-electron chi connectivity index (χ1n) is 5.13. The van der Waals surface area contributed by atoms with Crippen LogP contribution >= 0.6 is 24.8 Å². The van der Waals surface area contributed by atoms with Crippen LogP contribution in [-0.2, 0) is 13.1 Å². The zero-order valence-electron chi connectivity index (χ0n) is 9.53. The third-order valence-electron chi connectivity index (χ3n) is 2.69. The zero-order valence-corrected chi connectivity index (χ0v) is 11.2. The van der Waals surface area contributed by atoms with Crippen LogP contribution in [0.4, 0.5) is 8.78 Å². The molecular weight excluding hydrogens is 271 g/mol. The van der Waals surface area contributed by atoms with Gasteiger partial charge in [-0.15, -0.1) is 24.8 Å². The second kappa shape index (κ2) is 6.52. The summed E-state index contributed by atoms with van der Waals surface area (Å²) >= 11 is 0. The van der Waals surface area contributed by atoms with Crippen molar-refractivity contribution < 1.29 is 8.78 Å². The first-order valence-corrected chi connectivity index (χ1v) is 5.13. The highest BCUT2D eigenvalue weighted by molar-refractivity contribution is 5.85. The van der Waals surface area contributed by atoms with Crippen molar-refractivity contribution in [3.05, 3.63) is 18.0 Å². The number of aromatic nitrogens is 2. The second-order valence-electron chi connectivity index (χ2n) is 4.23. The number of nitrogens with zero attached hydrogens (tertiary/aromatic N) is 2. The average molecular weight is 288 g/mol. The van der Waals surface area contributed by atoms with Crippen molar-refractivity contribution in [2.75, 3.05) is 7.05 Å². The normalized spacial score (nSPS) is 17.8. The van der Waals surface area contributed by atoms with Crippen molar-refractivity contribution in [1.82, 2.24) is 15.1 Å². The van der Waals surface area contributed by atoms with Gasteiger partial charge in [0.2, 0.25) is 5.92 Å². The minimum absolute atomic E-state index is 0. The molecule has 1 saturated carbocycles. The molecule has 0 unspecified atom stereocenters. The Morgan fingerprint density at radius 2 is 2.12 bits per heavy atom. The van der Waals surface area contributed by atoms with E-state index in [9.17, 15) is 8.78 Å². The van der Waals surface area contributed by atoms with E-state index in [1.54, 1.807) is 10.9 Å². The van der Waals surface area contributed by atoms with E-state index in [0.717, 1.165) is 12.1 Å². The molecule has 1 aliphatic carbocycles. The lowest BCUT2D eigenvalue weighted by molar-refractivity contribution is -0.114. The van der Waals surface area contributed by atoms with Gasteiger partial charge >= 0.3 is 0 Å².